The largest absolute Gasteiger partial charge is 0.398 e. The van der Waals surface area contributed by atoms with Crippen LogP contribution in [0.1, 0.15) is 0 Å². The minimum Gasteiger partial charge on any atom is -0.398 e. The second-order valence-corrected chi connectivity index (χ2v) is 5.78. The number of amides is 1. The first-order chi connectivity index (χ1) is 7.99. The lowest BCUT2D eigenvalue weighted by Crippen LogP contribution is -2.21. The molecule has 0 spiro atoms. The highest BCUT2D eigenvalue weighted by Gasteiger charge is 2.22. The maximum Gasteiger partial charge on any atom is 0.286 e. The number of carbonyl (C=O) groups is 1. The Labute approximate surface area is 102 Å². The Morgan fingerprint density at radius 1 is 1.35 bits per heavy atom. The molecule has 0 bridgehead atoms. The number of carbonyl (C=O) groups excluding carboxylic acids is 1. The molecule has 1 heterocycles. The van der Waals surface area contributed by atoms with Gasteiger partial charge in [-0.2, -0.15) is 8.42 Å². The molecule has 90 valence electrons. The topological polar surface area (TPSA) is 102 Å². The molecule has 6 nitrogen and oxygen atoms in total. The Kier molecular flexibility index (Phi) is 3.07. The Morgan fingerprint density at radius 2 is 2.06 bits per heavy atom. The van der Waals surface area contributed by atoms with Gasteiger partial charge in [0.2, 0.25) is 5.91 Å². The number of nitrogens with zero attached hydrogens (tertiary/aromatic N) is 1. The van der Waals surface area contributed by atoms with E-state index in [1.807, 2.05) is 0 Å². The fraction of sp³-hybridized carbons (Fsp3) is 0.111. The summed E-state index contributed by atoms with van der Waals surface area (Å²) < 4.78 is 27.3. The van der Waals surface area contributed by atoms with Crippen molar-refractivity contribution in [3.63, 3.8) is 0 Å². The van der Waals surface area contributed by atoms with E-state index in [0.29, 0.717) is 0 Å². The summed E-state index contributed by atoms with van der Waals surface area (Å²) in [5.41, 5.74) is 5.70. The van der Waals surface area contributed by atoms with Crippen LogP contribution in [0.25, 0.3) is 0 Å². The quantitative estimate of drug-likeness (QED) is 0.747. The third-order valence-corrected chi connectivity index (χ3v) is 4.33. The minimum absolute atomic E-state index is 0.0609. The number of para-hydroxylation sites is 1. The number of anilines is 1. The molecule has 0 unspecified atom stereocenters. The van der Waals surface area contributed by atoms with E-state index >= 15 is 0 Å². The standard InChI is InChI=1S/C9H9N3O3S2/c10-6-3-1-2-4-7(6)17(14,15)12-9-11-8(13)5-16-9/h1-4H,5,10H2,(H,11,12,13). The van der Waals surface area contributed by atoms with Crippen LogP contribution in [0.5, 0.6) is 0 Å². The van der Waals surface area contributed by atoms with Crippen LogP contribution in [0.2, 0.25) is 0 Å². The second kappa shape index (κ2) is 4.38. The van der Waals surface area contributed by atoms with E-state index in [2.05, 4.69) is 9.71 Å². The molecule has 0 saturated carbocycles. The van der Waals surface area contributed by atoms with Crippen LogP contribution in [0.4, 0.5) is 5.69 Å². The number of nitrogens with one attached hydrogen (secondary N) is 1. The Bertz CT molecular complexity index is 595. The van der Waals surface area contributed by atoms with Gasteiger partial charge in [0.15, 0.2) is 5.17 Å². The lowest BCUT2D eigenvalue weighted by Gasteiger charge is -2.03. The zero-order valence-electron chi connectivity index (χ0n) is 8.58. The number of nitrogen functional groups attached to an aromatic ring is 1. The summed E-state index contributed by atoms with van der Waals surface area (Å²) in [6, 6.07) is 6.04. The van der Waals surface area contributed by atoms with Crippen molar-refractivity contribution in [2.75, 3.05) is 11.5 Å². The highest BCUT2D eigenvalue weighted by molar-refractivity contribution is 8.15. The highest BCUT2D eigenvalue weighted by atomic mass is 32.2. The Morgan fingerprint density at radius 3 is 2.65 bits per heavy atom. The van der Waals surface area contributed by atoms with E-state index in [0.717, 1.165) is 11.8 Å². The average molecular weight is 271 g/mol. The fourth-order valence-electron chi connectivity index (χ4n) is 1.25. The summed E-state index contributed by atoms with van der Waals surface area (Å²) in [6.07, 6.45) is 0. The van der Waals surface area contributed by atoms with Crippen molar-refractivity contribution in [2.24, 2.45) is 4.40 Å². The number of nitrogens with two attached hydrogens (primary N) is 1. The summed E-state index contributed by atoms with van der Waals surface area (Å²) in [6.45, 7) is 0. The van der Waals surface area contributed by atoms with Gasteiger partial charge in [0.25, 0.3) is 10.0 Å². The predicted molar refractivity (Wildman–Crippen MR) is 66.1 cm³/mol. The van der Waals surface area contributed by atoms with Gasteiger partial charge in [0, 0.05) is 0 Å². The Balaban J connectivity index is 2.38. The van der Waals surface area contributed by atoms with Gasteiger partial charge in [-0.05, 0) is 12.1 Å². The van der Waals surface area contributed by atoms with Gasteiger partial charge in [0.05, 0.1) is 11.4 Å². The molecule has 1 saturated heterocycles. The van der Waals surface area contributed by atoms with Crippen LogP contribution in [-0.2, 0) is 14.8 Å². The van der Waals surface area contributed by atoms with Gasteiger partial charge < -0.3 is 11.1 Å². The van der Waals surface area contributed by atoms with Gasteiger partial charge in [-0.15, -0.1) is 4.40 Å². The molecule has 1 aromatic carbocycles. The summed E-state index contributed by atoms with van der Waals surface area (Å²) in [4.78, 5) is 10.8. The molecule has 0 atom stereocenters. The van der Waals surface area contributed by atoms with Crippen molar-refractivity contribution in [3.8, 4) is 0 Å². The number of thioether (sulfide) groups is 1. The van der Waals surface area contributed by atoms with E-state index in [4.69, 9.17) is 5.73 Å². The van der Waals surface area contributed by atoms with Crippen LogP contribution in [0, 0.1) is 0 Å². The zero-order chi connectivity index (χ0) is 12.5. The van der Waals surface area contributed by atoms with Crippen molar-refractivity contribution in [1.82, 2.24) is 5.32 Å². The summed E-state index contributed by atoms with van der Waals surface area (Å²) in [5, 5.41) is 2.43. The van der Waals surface area contributed by atoms with Gasteiger partial charge in [-0.3, -0.25) is 4.79 Å². The lowest BCUT2D eigenvalue weighted by molar-refractivity contribution is -0.116. The first-order valence-electron chi connectivity index (χ1n) is 4.61. The van der Waals surface area contributed by atoms with Crippen molar-refractivity contribution < 1.29 is 13.2 Å². The average Bonchev–Trinajstić information content (AvgIpc) is 2.63. The number of amidine groups is 1. The van der Waals surface area contributed by atoms with Crippen LogP contribution in [0.3, 0.4) is 0 Å². The van der Waals surface area contributed by atoms with E-state index in [1.54, 1.807) is 12.1 Å². The van der Waals surface area contributed by atoms with Crippen LogP contribution in [-0.4, -0.2) is 25.2 Å². The number of sulfonamides is 1. The molecule has 1 amide bonds. The molecule has 1 aliphatic rings. The number of hydrogen-bond acceptors (Lipinski definition) is 5. The van der Waals surface area contributed by atoms with E-state index < -0.39 is 10.0 Å². The maximum atomic E-state index is 11.9. The van der Waals surface area contributed by atoms with Crippen LogP contribution < -0.4 is 11.1 Å². The molecule has 8 heteroatoms. The third-order valence-electron chi connectivity index (χ3n) is 1.99. The second-order valence-electron chi connectivity index (χ2n) is 3.25. The lowest BCUT2D eigenvalue weighted by atomic mass is 10.3. The van der Waals surface area contributed by atoms with Gasteiger partial charge in [-0.1, -0.05) is 23.9 Å². The van der Waals surface area contributed by atoms with E-state index in [-0.39, 0.29) is 27.4 Å². The number of hydrogen-bond donors (Lipinski definition) is 2. The smallest absolute Gasteiger partial charge is 0.286 e. The molecular weight excluding hydrogens is 262 g/mol. The van der Waals surface area contributed by atoms with Crippen molar-refractivity contribution in [2.45, 2.75) is 4.90 Å². The SMILES string of the molecule is Nc1ccccc1S(=O)(=O)N=C1NC(=O)CS1. The fourth-order valence-corrected chi connectivity index (χ4v) is 3.26. The molecule has 17 heavy (non-hydrogen) atoms. The summed E-state index contributed by atoms with van der Waals surface area (Å²) in [5.74, 6) is -0.0801. The van der Waals surface area contributed by atoms with Crippen molar-refractivity contribution in [3.05, 3.63) is 24.3 Å². The molecule has 0 radical (unpaired) electrons. The van der Waals surface area contributed by atoms with Crippen molar-refractivity contribution >= 4 is 38.5 Å². The van der Waals surface area contributed by atoms with E-state index in [9.17, 15) is 13.2 Å². The molecule has 3 N–H and O–H groups in total. The normalized spacial score (nSPS) is 18.4. The van der Waals surface area contributed by atoms with Gasteiger partial charge in [-0.25, -0.2) is 0 Å². The maximum absolute atomic E-state index is 11.9. The Hall–Kier alpha value is -1.54. The molecule has 0 aromatic heterocycles. The number of rotatable bonds is 2. The third kappa shape index (κ3) is 2.59. The van der Waals surface area contributed by atoms with Gasteiger partial charge >= 0.3 is 0 Å². The minimum atomic E-state index is -3.87. The molecule has 1 fully saturated rings. The molecular formula is C9H9N3O3S2. The summed E-state index contributed by atoms with van der Waals surface area (Å²) in [7, 11) is -3.87. The first kappa shape index (κ1) is 11.9. The molecule has 2 rings (SSSR count). The van der Waals surface area contributed by atoms with Crippen LogP contribution in [0.15, 0.2) is 33.6 Å². The van der Waals surface area contributed by atoms with E-state index in [1.165, 1.54) is 12.1 Å². The van der Waals surface area contributed by atoms with Crippen LogP contribution >= 0.6 is 11.8 Å². The highest BCUT2D eigenvalue weighted by Crippen LogP contribution is 2.21. The predicted octanol–water partition coefficient (Wildman–Crippen LogP) is 0.176. The number of benzene rings is 1. The molecule has 1 aliphatic heterocycles. The molecule has 0 aliphatic carbocycles. The monoisotopic (exact) mass is 271 g/mol. The zero-order valence-corrected chi connectivity index (χ0v) is 10.2. The summed E-state index contributed by atoms with van der Waals surface area (Å²) >= 11 is 1.05. The first-order valence-corrected chi connectivity index (χ1v) is 7.04. The molecule has 1 aromatic rings. The van der Waals surface area contributed by atoms with Gasteiger partial charge in [0.1, 0.15) is 4.90 Å². The van der Waals surface area contributed by atoms with Crippen molar-refractivity contribution in [1.29, 1.82) is 0 Å².